The van der Waals surface area contributed by atoms with Crippen molar-refractivity contribution < 1.29 is 4.43 Å². The highest BCUT2D eigenvalue weighted by molar-refractivity contribution is 6.69. The van der Waals surface area contributed by atoms with Crippen molar-refractivity contribution in [1.29, 1.82) is 0 Å². The van der Waals surface area contributed by atoms with Gasteiger partial charge in [-0.1, -0.05) is 20.8 Å². The summed E-state index contributed by atoms with van der Waals surface area (Å²) in [6, 6.07) is 0. The van der Waals surface area contributed by atoms with Gasteiger partial charge >= 0.3 is 0 Å². The van der Waals surface area contributed by atoms with E-state index in [9.17, 15) is 0 Å². The molecule has 0 spiro atoms. The molecule has 0 N–H and O–H groups in total. The molecule has 1 aliphatic rings. The first-order valence-electron chi connectivity index (χ1n) is 4.98. The first-order chi connectivity index (χ1) is 5.28. The van der Waals surface area contributed by atoms with Crippen molar-refractivity contribution >= 4 is 8.32 Å². The van der Waals surface area contributed by atoms with Gasteiger partial charge in [0, 0.05) is 0 Å². The van der Waals surface area contributed by atoms with Crippen LogP contribution in [0, 0.1) is 11.8 Å². The lowest BCUT2D eigenvalue weighted by Gasteiger charge is -2.30. The summed E-state index contributed by atoms with van der Waals surface area (Å²) in [6.07, 6.45) is 1.27. The van der Waals surface area contributed by atoms with Gasteiger partial charge < -0.3 is 4.43 Å². The third-order valence-corrected chi connectivity index (χ3v) is 3.77. The van der Waals surface area contributed by atoms with E-state index in [1.165, 1.54) is 6.42 Å². The van der Waals surface area contributed by atoms with Gasteiger partial charge in [-0.05, 0) is 37.9 Å². The van der Waals surface area contributed by atoms with E-state index < -0.39 is 8.32 Å². The maximum atomic E-state index is 6.25. The molecule has 2 atom stereocenters. The molecule has 12 heavy (non-hydrogen) atoms. The molecule has 0 heterocycles. The third kappa shape index (κ3) is 1.91. The van der Waals surface area contributed by atoms with E-state index in [-0.39, 0.29) is 5.60 Å². The minimum absolute atomic E-state index is 0.254. The third-order valence-electron chi connectivity index (χ3n) is 2.77. The van der Waals surface area contributed by atoms with Gasteiger partial charge in [0.05, 0.1) is 5.60 Å². The molecule has 1 saturated carbocycles. The van der Waals surface area contributed by atoms with Gasteiger partial charge in [0.2, 0.25) is 0 Å². The van der Waals surface area contributed by atoms with Gasteiger partial charge in [-0.25, -0.2) is 0 Å². The Labute approximate surface area is 77.6 Å². The van der Waals surface area contributed by atoms with E-state index in [1.54, 1.807) is 0 Å². The van der Waals surface area contributed by atoms with Crippen molar-refractivity contribution in [3.05, 3.63) is 0 Å². The zero-order valence-corrected chi connectivity index (χ0v) is 10.3. The van der Waals surface area contributed by atoms with Gasteiger partial charge in [0.1, 0.15) is 0 Å². The molecule has 1 aliphatic carbocycles. The second-order valence-corrected chi connectivity index (χ2v) is 9.86. The summed E-state index contributed by atoms with van der Waals surface area (Å²) in [5.41, 5.74) is 0.254. The standard InChI is InChI=1S/C10H22OSi/c1-8(2)10(7-9(10)3)11-12(4,5)6/h8-9H,7H2,1-6H3. The molecule has 0 radical (unpaired) electrons. The summed E-state index contributed by atoms with van der Waals surface area (Å²) in [6.45, 7) is 13.7. The molecular formula is C10H22OSi. The predicted molar refractivity (Wildman–Crippen MR) is 55.8 cm³/mol. The van der Waals surface area contributed by atoms with Crippen molar-refractivity contribution in [2.24, 2.45) is 11.8 Å². The largest absolute Gasteiger partial charge is 0.412 e. The monoisotopic (exact) mass is 186 g/mol. The molecule has 0 aromatic carbocycles. The van der Waals surface area contributed by atoms with Gasteiger partial charge in [-0.15, -0.1) is 0 Å². The molecule has 1 nitrogen and oxygen atoms in total. The number of rotatable bonds is 3. The maximum absolute atomic E-state index is 6.25. The minimum atomic E-state index is -1.33. The second kappa shape index (κ2) is 2.84. The zero-order chi connectivity index (χ0) is 9.57. The van der Waals surface area contributed by atoms with Crippen LogP contribution in [-0.2, 0) is 4.43 Å². The van der Waals surface area contributed by atoms with E-state index in [4.69, 9.17) is 4.43 Å². The van der Waals surface area contributed by atoms with Crippen molar-refractivity contribution in [3.63, 3.8) is 0 Å². The Balaban J connectivity index is 2.60. The van der Waals surface area contributed by atoms with Crippen LogP contribution in [0.3, 0.4) is 0 Å². The Morgan fingerprint density at radius 3 is 1.83 bits per heavy atom. The highest BCUT2D eigenvalue weighted by Gasteiger charge is 2.56. The molecule has 0 aromatic rings. The van der Waals surface area contributed by atoms with Gasteiger partial charge in [-0.2, -0.15) is 0 Å². The molecule has 0 aliphatic heterocycles. The highest BCUT2D eigenvalue weighted by Crippen LogP contribution is 2.53. The summed E-state index contributed by atoms with van der Waals surface area (Å²) in [5, 5.41) is 0. The summed E-state index contributed by atoms with van der Waals surface area (Å²) < 4.78 is 6.25. The molecule has 2 heteroatoms. The summed E-state index contributed by atoms with van der Waals surface area (Å²) in [5.74, 6) is 1.46. The van der Waals surface area contributed by atoms with E-state index in [0.29, 0.717) is 5.92 Å². The van der Waals surface area contributed by atoms with Gasteiger partial charge in [0.25, 0.3) is 0 Å². The lowest BCUT2D eigenvalue weighted by Crippen LogP contribution is -2.37. The molecule has 0 bridgehead atoms. The Bertz CT molecular complexity index is 171. The lowest BCUT2D eigenvalue weighted by molar-refractivity contribution is 0.104. The van der Waals surface area contributed by atoms with Crippen LogP contribution in [0.15, 0.2) is 0 Å². The molecular weight excluding hydrogens is 164 g/mol. The van der Waals surface area contributed by atoms with Crippen LogP contribution in [0.25, 0.3) is 0 Å². The zero-order valence-electron chi connectivity index (χ0n) is 9.27. The Morgan fingerprint density at radius 2 is 1.75 bits per heavy atom. The second-order valence-electron chi connectivity index (χ2n) is 5.43. The first-order valence-corrected chi connectivity index (χ1v) is 8.39. The van der Waals surface area contributed by atoms with Crippen molar-refractivity contribution in [2.75, 3.05) is 0 Å². The van der Waals surface area contributed by atoms with E-state index in [0.717, 1.165) is 5.92 Å². The average Bonchev–Trinajstić information content (AvgIpc) is 2.38. The van der Waals surface area contributed by atoms with Crippen molar-refractivity contribution in [3.8, 4) is 0 Å². The fourth-order valence-electron chi connectivity index (χ4n) is 2.05. The molecule has 1 fully saturated rings. The average molecular weight is 186 g/mol. The highest BCUT2D eigenvalue weighted by atomic mass is 28.4. The fourth-order valence-corrected chi connectivity index (χ4v) is 3.71. The molecule has 72 valence electrons. The fraction of sp³-hybridized carbons (Fsp3) is 1.00. The molecule has 1 rings (SSSR count). The van der Waals surface area contributed by atoms with E-state index in [2.05, 4.69) is 40.4 Å². The SMILES string of the molecule is CC(C)C1(O[Si](C)(C)C)CC1C. The van der Waals surface area contributed by atoms with Gasteiger partial charge in [0.15, 0.2) is 8.32 Å². The van der Waals surface area contributed by atoms with Crippen molar-refractivity contribution in [2.45, 2.75) is 52.4 Å². The minimum Gasteiger partial charge on any atom is -0.412 e. The first kappa shape index (κ1) is 10.3. The molecule has 0 amide bonds. The van der Waals surface area contributed by atoms with Crippen molar-refractivity contribution in [1.82, 2.24) is 0 Å². The smallest absolute Gasteiger partial charge is 0.184 e. The van der Waals surface area contributed by atoms with E-state index in [1.807, 2.05) is 0 Å². The summed E-state index contributed by atoms with van der Waals surface area (Å²) in [7, 11) is -1.33. The topological polar surface area (TPSA) is 9.23 Å². The van der Waals surface area contributed by atoms with Crippen LogP contribution < -0.4 is 0 Å². The van der Waals surface area contributed by atoms with Crippen LogP contribution in [0.5, 0.6) is 0 Å². The van der Waals surface area contributed by atoms with E-state index >= 15 is 0 Å². The lowest BCUT2D eigenvalue weighted by atomic mass is 10.0. The molecule has 2 unspecified atom stereocenters. The summed E-state index contributed by atoms with van der Waals surface area (Å²) in [4.78, 5) is 0. The normalized spacial score (nSPS) is 35.8. The Hall–Kier alpha value is 0.177. The summed E-state index contributed by atoms with van der Waals surface area (Å²) >= 11 is 0. The van der Waals surface area contributed by atoms with Crippen LogP contribution in [-0.4, -0.2) is 13.9 Å². The number of hydrogen-bond acceptors (Lipinski definition) is 1. The van der Waals surface area contributed by atoms with Crippen LogP contribution in [0.1, 0.15) is 27.2 Å². The molecule has 0 aromatic heterocycles. The predicted octanol–water partition coefficient (Wildman–Crippen LogP) is 3.27. The number of hydrogen-bond donors (Lipinski definition) is 0. The molecule has 0 saturated heterocycles. The Kier molecular flexibility index (Phi) is 2.43. The van der Waals surface area contributed by atoms with Crippen LogP contribution >= 0.6 is 0 Å². The Morgan fingerprint density at radius 1 is 1.33 bits per heavy atom. The van der Waals surface area contributed by atoms with Crippen LogP contribution in [0.4, 0.5) is 0 Å². The van der Waals surface area contributed by atoms with Crippen LogP contribution in [0.2, 0.25) is 19.6 Å². The quantitative estimate of drug-likeness (QED) is 0.615. The van der Waals surface area contributed by atoms with Gasteiger partial charge in [-0.3, -0.25) is 0 Å². The maximum Gasteiger partial charge on any atom is 0.184 e.